The van der Waals surface area contributed by atoms with Crippen LogP contribution in [0.5, 0.6) is 0 Å². The van der Waals surface area contributed by atoms with E-state index in [1.54, 1.807) is 6.20 Å². The molecule has 1 heterocycles. The molecule has 1 fully saturated rings. The highest BCUT2D eigenvalue weighted by Gasteiger charge is 2.20. The van der Waals surface area contributed by atoms with Gasteiger partial charge in [0.25, 0.3) is 0 Å². The Bertz CT molecular complexity index is 376. The zero-order chi connectivity index (χ0) is 12.3. The highest BCUT2D eigenvalue weighted by Crippen LogP contribution is 2.30. The number of halogens is 2. The average Bonchev–Trinajstić information content (AvgIpc) is 2.34. The summed E-state index contributed by atoms with van der Waals surface area (Å²) in [6.45, 7) is 2.29. The molecule has 1 aromatic rings. The molecule has 0 atom stereocenters. The summed E-state index contributed by atoms with van der Waals surface area (Å²) in [5.41, 5.74) is 0. The monoisotopic (exact) mass is 316 g/mol. The van der Waals surface area contributed by atoms with Crippen LogP contribution in [0, 0.1) is 5.92 Å². The lowest BCUT2D eigenvalue weighted by Crippen LogP contribution is -2.26. The normalized spacial score (nSPS) is 24.6. The van der Waals surface area contributed by atoms with Crippen LogP contribution in [0.15, 0.2) is 16.7 Å². The second-order valence-electron chi connectivity index (χ2n) is 4.75. The Morgan fingerprint density at radius 1 is 1.41 bits per heavy atom. The third-order valence-electron chi connectivity index (χ3n) is 3.57. The second kappa shape index (κ2) is 6.05. The van der Waals surface area contributed by atoms with E-state index in [0.29, 0.717) is 11.1 Å². The Hall–Kier alpha value is -0.280. The van der Waals surface area contributed by atoms with Crippen molar-refractivity contribution in [2.75, 3.05) is 5.32 Å². The average molecular weight is 318 g/mol. The molecule has 1 N–H and O–H groups in total. The third-order valence-corrected chi connectivity index (χ3v) is 4.38. The largest absolute Gasteiger partial charge is 0.366 e. The van der Waals surface area contributed by atoms with Gasteiger partial charge in [0.1, 0.15) is 5.82 Å². The molecule has 0 bridgehead atoms. The van der Waals surface area contributed by atoms with Crippen LogP contribution in [-0.2, 0) is 0 Å². The summed E-state index contributed by atoms with van der Waals surface area (Å²) in [5.74, 6) is 1.84. The SMILES string of the molecule is CCC1CCC(Nc2ncc(Cl)cc2Br)CC1. The first-order valence-corrected chi connectivity index (χ1v) is 7.43. The highest BCUT2D eigenvalue weighted by atomic mass is 79.9. The Balaban J connectivity index is 1.93. The Kier molecular flexibility index (Phi) is 4.69. The molecule has 2 nitrogen and oxygen atoms in total. The maximum Gasteiger partial charge on any atom is 0.140 e. The number of hydrogen-bond donors (Lipinski definition) is 1. The van der Waals surface area contributed by atoms with Gasteiger partial charge in [0.15, 0.2) is 0 Å². The van der Waals surface area contributed by atoms with E-state index >= 15 is 0 Å². The van der Waals surface area contributed by atoms with E-state index in [4.69, 9.17) is 11.6 Å². The molecule has 1 aliphatic rings. The molecular formula is C13H18BrClN2. The number of nitrogens with zero attached hydrogens (tertiary/aromatic N) is 1. The molecule has 1 aliphatic carbocycles. The summed E-state index contributed by atoms with van der Waals surface area (Å²) < 4.78 is 0.947. The number of nitrogens with one attached hydrogen (secondary N) is 1. The van der Waals surface area contributed by atoms with Crippen molar-refractivity contribution < 1.29 is 0 Å². The van der Waals surface area contributed by atoms with Crippen molar-refractivity contribution in [2.45, 2.75) is 45.1 Å². The van der Waals surface area contributed by atoms with Gasteiger partial charge in [0.2, 0.25) is 0 Å². The maximum atomic E-state index is 5.88. The van der Waals surface area contributed by atoms with Crippen molar-refractivity contribution >= 4 is 33.3 Å². The molecule has 1 aromatic heterocycles. The summed E-state index contributed by atoms with van der Waals surface area (Å²) in [6, 6.07) is 2.44. The van der Waals surface area contributed by atoms with Gasteiger partial charge in [-0.2, -0.15) is 0 Å². The van der Waals surface area contributed by atoms with E-state index < -0.39 is 0 Å². The van der Waals surface area contributed by atoms with Gasteiger partial charge < -0.3 is 5.32 Å². The summed E-state index contributed by atoms with van der Waals surface area (Å²) in [6.07, 6.45) is 8.16. The maximum absolute atomic E-state index is 5.88. The zero-order valence-corrected chi connectivity index (χ0v) is 12.4. The minimum atomic E-state index is 0.558. The van der Waals surface area contributed by atoms with E-state index in [1.807, 2.05) is 6.07 Å². The standard InChI is InChI=1S/C13H18BrClN2/c1-2-9-3-5-11(6-4-9)17-13-12(14)7-10(15)8-16-13/h7-9,11H,2-6H2,1H3,(H,16,17). The fraction of sp³-hybridized carbons (Fsp3) is 0.615. The first-order valence-electron chi connectivity index (χ1n) is 6.26. The Morgan fingerprint density at radius 3 is 2.71 bits per heavy atom. The fourth-order valence-corrected chi connectivity index (χ4v) is 3.18. The van der Waals surface area contributed by atoms with Crippen LogP contribution in [0.4, 0.5) is 5.82 Å². The van der Waals surface area contributed by atoms with Crippen molar-refractivity contribution in [3.8, 4) is 0 Å². The number of anilines is 1. The number of pyridine rings is 1. The molecule has 0 spiro atoms. The van der Waals surface area contributed by atoms with Crippen LogP contribution in [-0.4, -0.2) is 11.0 Å². The van der Waals surface area contributed by atoms with Crippen LogP contribution < -0.4 is 5.32 Å². The van der Waals surface area contributed by atoms with E-state index in [-0.39, 0.29) is 0 Å². The van der Waals surface area contributed by atoms with Gasteiger partial charge in [-0.3, -0.25) is 0 Å². The van der Waals surface area contributed by atoms with Gasteiger partial charge in [-0.05, 0) is 53.6 Å². The van der Waals surface area contributed by atoms with Crippen molar-refractivity contribution in [1.29, 1.82) is 0 Å². The van der Waals surface area contributed by atoms with Crippen LogP contribution in [0.2, 0.25) is 5.02 Å². The number of rotatable bonds is 3. The predicted octanol–water partition coefficient (Wildman–Crippen LogP) is 4.88. The van der Waals surface area contributed by atoms with E-state index in [0.717, 1.165) is 16.2 Å². The van der Waals surface area contributed by atoms with Crippen molar-refractivity contribution in [1.82, 2.24) is 4.98 Å². The Morgan fingerprint density at radius 2 is 2.12 bits per heavy atom. The van der Waals surface area contributed by atoms with Crippen molar-refractivity contribution in [3.63, 3.8) is 0 Å². The fourth-order valence-electron chi connectivity index (χ4n) is 2.43. The smallest absolute Gasteiger partial charge is 0.140 e. The summed E-state index contributed by atoms with van der Waals surface area (Å²) in [5, 5.41) is 4.17. The first kappa shape index (κ1) is 13.2. The molecular weight excluding hydrogens is 300 g/mol. The second-order valence-corrected chi connectivity index (χ2v) is 6.04. The van der Waals surface area contributed by atoms with Crippen molar-refractivity contribution in [2.24, 2.45) is 5.92 Å². The van der Waals surface area contributed by atoms with E-state index in [1.165, 1.54) is 32.1 Å². The predicted molar refractivity (Wildman–Crippen MR) is 76.6 cm³/mol. The molecule has 0 amide bonds. The van der Waals surface area contributed by atoms with Gasteiger partial charge >= 0.3 is 0 Å². The number of hydrogen-bond acceptors (Lipinski definition) is 2. The van der Waals surface area contributed by atoms with Crippen LogP contribution >= 0.6 is 27.5 Å². The van der Waals surface area contributed by atoms with Crippen LogP contribution in [0.1, 0.15) is 39.0 Å². The van der Waals surface area contributed by atoms with Gasteiger partial charge in [-0.1, -0.05) is 24.9 Å². The van der Waals surface area contributed by atoms with Gasteiger partial charge in [0.05, 0.1) is 9.50 Å². The molecule has 0 aromatic carbocycles. The zero-order valence-electron chi connectivity index (χ0n) is 10.0. The van der Waals surface area contributed by atoms with Crippen LogP contribution in [0.3, 0.4) is 0 Å². The molecule has 17 heavy (non-hydrogen) atoms. The lowest BCUT2D eigenvalue weighted by atomic mass is 9.84. The first-order chi connectivity index (χ1) is 8.19. The molecule has 0 aliphatic heterocycles. The quantitative estimate of drug-likeness (QED) is 0.859. The lowest BCUT2D eigenvalue weighted by molar-refractivity contribution is 0.330. The molecule has 0 saturated heterocycles. The molecule has 0 unspecified atom stereocenters. The molecule has 1 saturated carbocycles. The number of aromatic nitrogens is 1. The molecule has 4 heteroatoms. The van der Waals surface area contributed by atoms with Crippen LogP contribution in [0.25, 0.3) is 0 Å². The highest BCUT2D eigenvalue weighted by molar-refractivity contribution is 9.10. The summed E-state index contributed by atoms with van der Waals surface area (Å²) in [4.78, 5) is 4.32. The van der Waals surface area contributed by atoms with Gasteiger partial charge in [0, 0.05) is 12.2 Å². The lowest BCUT2D eigenvalue weighted by Gasteiger charge is -2.29. The minimum Gasteiger partial charge on any atom is -0.366 e. The van der Waals surface area contributed by atoms with Gasteiger partial charge in [-0.15, -0.1) is 0 Å². The molecule has 94 valence electrons. The minimum absolute atomic E-state index is 0.558. The molecule has 0 radical (unpaired) electrons. The third kappa shape index (κ3) is 3.59. The summed E-state index contributed by atoms with van der Waals surface area (Å²) in [7, 11) is 0. The van der Waals surface area contributed by atoms with E-state index in [2.05, 4.69) is 33.2 Å². The molecule has 2 rings (SSSR count). The van der Waals surface area contributed by atoms with Crippen molar-refractivity contribution in [3.05, 3.63) is 21.8 Å². The van der Waals surface area contributed by atoms with E-state index in [9.17, 15) is 0 Å². The van der Waals surface area contributed by atoms with Gasteiger partial charge in [-0.25, -0.2) is 4.98 Å². The topological polar surface area (TPSA) is 24.9 Å². The Labute approximate surface area is 116 Å². The summed E-state index contributed by atoms with van der Waals surface area (Å²) >= 11 is 9.37.